The van der Waals surface area contributed by atoms with E-state index in [1.54, 1.807) is 9.47 Å². The number of amides is 1. The molecule has 240 valence electrons. The summed E-state index contributed by atoms with van der Waals surface area (Å²) in [6.45, 7) is -0.910. The number of hydrogen-bond acceptors (Lipinski definition) is 8. The third kappa shape index (κ3) is 5.65. The minimum Gasteiger partial charge on any atom is -0.489 e. The molecule has 0 spiro atoms. The van der Waals surface area contributed by atoms with Crippen LogP contribution in [0.15, 0.2) is 41.3 Å². The van der Waals surface area contributed by atoms with E-state index in [0.29, 0.717) is 5.52 Å². The Hall–Kier alpha value is -4.04. The van der Waals surface area contributed by atoms with Gasteiger partial charge in [-0.2, -0.15) is 0 Å². The number of aliphatic hydroxyl groups excluding tert-OH is 1. The van der Waals surface area contributed by atoms with Gasteiger partial charge in [-0.25, -0.2) is 18.4 Å². The van der Waals surface area contributed by atoms with Crippen LogP contribution in [0.25, 0.3) is 10.9 Å². The number of carbonyl (C=O) groups excluding carboxylic acids is 1. The molecule has 45 heavy (non-hydrogen) atoms. The smallest absolute Gasteiger partial charge is 0.414 e. The van der Waals surface area contributed by atoms with Crippen LogP contribution in [0.5, 0.6) is 5.75 Å². The number of fused-ring (bicyclic) bond motifs is 1. The number of halogens is 2. The number of cyclic esters (lactones) is 1. The summed E-state index contributed by atoms with van der Waals surface area (Å²) in [5.41, 5.74) is -0.628. The van der Waals surface area contributed by atoms with Crippen molar-refractivity contribution in [2.75, 3.05) is 42.6 Å². The number of aromatic carboxylic acids is 1. The fourth-order valence-electron chi connectivity index (χ4n) is 5.91. The number of aliphatic hydroxyl groups is 1. The van der Waals surface area contributed by atoms with Crippen LogP contribution in [0, 0.1) is 11.6 Å². The summed E-state index contributed by atoms with van der Waals surface area (Å²) >= 11 is 0. The van der Waals surface area contributed by atoms with Crippen LogP contribution in [0.2, 0.25) is 0 Å². The van der Waals surface area contributed by atoms with Crippen LogP contribution < -0.4 is 20.0 Å². The maximum atomic E-state index is 15.4. The number of anilines is 2. The minimum atomic E-state index is -4.83. The zero-order valence-electron chi connectivity index (χ0n) is 23.8. The van der Waals surface area contributed by atoms with Gasteiger partial charge in [0.25, 0.3) is 0 Å². The van der Waals surface area contributed by atoms with Gasteiger partial charge in [-0.3, -0.25) is 14.3 Å². The number of piperidine rings is 1. The van der Waals surface area contributed by atoms with Gasteiger partial charge in [0.1, 0.15) is 29.2 Å². The first-order chi connectivity index (χ1) is 21.3. The van der Waals surface area contributed by atoms with E-state index in [4.69, 9.17) is 9.47 Å². The maximum absolute atomic E-state index is 15.4. The highest BCUT2D eigenvalue weighted by molar-refractivity contribution is 7.53. The number of hydrogen-bond donors (Lipinski definition) is 4. The Morgan fingerprint density at radius 1 is 1.09 bits per heavy atom. The predicted octanol–water partition coefficient (Wildman–Crippen LogP) is 3.23. The van der Waals surface area contributed by atoms with E-state index in [1.165, 1.54) is 24.4 Å². The second-order valence-corrected chi connectivity index (χ2v) is 13.6. The third-order valence-electron chi connectivity index (χ3n) is 8.73. The van der Waals surface area contributed by atoms with Gasteiger partial charge in [0, 0.05) is 36.8 Å². The molecule has 3 aromatic rings. The SMILES string of the molecule is O=C(O)c1cn(C2CC2)c2cc(N3CCC(COc4ccc(N5CC(CO)OC5=O)cc4F)(P(=O)(O)O)CC3)c(F)cc2c1=O. The van der Waals surface area contributed by atoms with Crippen molar-refractivity contribution in [1.29, 1.82) is 0 Å². The average molecular weight is 650 g/mol. The molecule has 0 bridgehead atoms. The molecule has 6 rings (SSSR count). The van der Waals surface area contributed by atoms with Crippen LogP contribution in [0.4, 0.5) is 25.0 Å². The van der Waals surface area contributed by atoms with Crippen LogP contribution in [-0.2, 0) is 9.30 Å². The second kappa shape index (κ2) is 11.4. The summed E-state index contributed by atoms with van der Waals surface area (Å²) in [7, 11) is -4.83. The molecular weight excluding hydrogens is 619 g/mol. The van der Waals surface area contributed by atoms with Crippen molar-refractivity contribution in [2.45, 2.75) is 43.0 Å². The van der Waals surface area contributed by atoms with Gasteiger partial charge in [-0.1, -0.05) is 0 Å². The highest BCUT2D eigenvalue weighted by atomic mass is 31.2. The second-order valence-electron chi connectivity index (χ2n) is 11.6. The quantitative estimate of drug-likeness (QED) is 0.250. The molecule has 16 heteroatoms. The predicted molar refractivity (Wildman–Crippen MR) is 156 cm³/mol. The molecule has 1 saturated carbocycles. The van der Waals surface area contributed by atoms with Crippen molar-refractivity contribution >= 4 is 41.9 Å². The van der Waals surface area contributed by atoms with Gasteiger partial charge in [-0.05, 0) is 49.9 Å². The normalized spacial score (nSPS) is 20.0. The Bertz CT molecular complexity index is 1800. The summed E-state index contributed by atoms with van der Waals surface area (Å²) < 4.78 is 55.3. The van der Waals surface area contributed by atoms with Crippen LogP contribution in [-0.4, -0.2) is 80.7 Å². The van der Waals surface area contributed by atoms with Gasteiger partial charge in [0.15, 0.2) is 11.6 Å². The van der Waals surface area contributed by atoms with E-state index in [9.17, 15) is 43.3 Å². The Morgan fingerprint density at radius 3 is 2.38 bits per heavy atom. The molecule has 1 unspecified atom stereocenters. The summed E-state index contributed by atoms with van der Waals surface area (Å²) in [5, 5.41) is 16.9. The minimum absolute atomic E-state index is 0.00226. The van der Waals surface area contributed by atoms with E-state index < -0.39 is 66.8 Å². The summed E-state index contributed by atoms with van der Waals surface area (Å²) in [4.78, 5) is 59.9. The molecule has 13 nitrogen and oxygen atoms in total. The molecular formula is C29H30F2N3O10P. The van der Waals surface area contributed by atoms with Gasteiger partial charge < -0.3 is 38.9 Å². The first-order valence-electron chi connectivity index (χ1n) is 14.3. The first-order valence-corrected chi connectivity index (χ1v) is 15.9. The van der Waals surface area contributed by atoms with E-state index >= 15 is 4.39 Å². The van der Waals surface area contributed by atoms with Crippen molar-refractivity contribution < 1.29 is 52.4 Å². The topological polar surface area (TPSA) is 179 Å². The van der Waals surface area contributed by atoms with Gasteiger partial charge in [0.05, 0.1) is 30.0 Å². The van der Waals surface area contributed by atoms with E-state index in [1.807, 2.05) is 0 Å². The summed E-state index contributed by atoms with van der Waals surface area (Å²) in [5.74, 6) is -3.36. The molecule has 1 atom stereocenters. The van der Waals surface area contributed by atoms with Gasteiger partial charge >= 0.3 is 19.7 Å². The number of carboxylic acid groups (broad SMARTS) is 1. The molecule has 3 heterocycles. The van der Waals surface area contributed by atoms with E-state index in [0.717, 1.165) is 29.9 Å². The Labute approximate surface area is 254 Å². The number of rotatable bonds is 9. The van der Waals surface area contributed by atoms with Crippen LogP contribution in [0.3, 0.4) is 0 Å². The number of carbonyl (C=O) groups is 2. The number of benzene rings is 2. The van der Waals surface area contributed by atoms with Crippen LogP contribution in [0.1, 0.15) is 42.1 Å². The van der Waals surface area contributed by atoms with Gasteiger partial charge in [0.2, 0.25) is 5.43 Å². The van der Waals surface area contributed by atoms with Crippen LogP contribution >= 0.6 is 7.60 Å². The molecule has 0 radical (unpaired) electrons. The molecule has 2 aliphatic heterocycles. The Balaban J connectivity index is 1.21. The molecule has 2 saturated heterocycles. The fourth-order valence-corrected chi connectivity index (χ4v) is 6.92. The summed E-state index contributed by atoms with van der Waals surface area (Å²) in [6.07, 6.45) is 1.05. The lowest BCUT2D eigenvalue weighted by Crippen LogP contribution is -2.48. The number of nitrogens with zero attached hydrogens (tertiary/aromatic N) is 3. The molecule has 1 amide bonds. The summed E-state index contributed by atoms with van der Waals surface area (Å²) in [6, 6.07) is 6.08. The van der Waals surface area contributed by atoms with E-state index in [-0.39, 0.29) is 61.0 Å². The largest absolute Gasteiger partial charge is 0.489 e. The Morgan fingerprint density at radius 2 is 1.80 bits per heavy atom. The van der Waals surface area contributed by atoms with Crippen molar-refractivity contribution in [2.24, 2.45) is 0 Å². The zero-order chi connectivity index (χ0) is 32.3. The lowest BCUT2D eigenvalue weighted by atomic mass is 9.95. The van der Waals surface area contributed by atoms with Crippen molar-refractivity contribution in [3.05, 3.63) is 63.9 Å². The Kier molecular flexibility index (Phi) is 7.84. The lowest BCUT2D eigenvalue weighted by molar-refractivity contribution is 0.0694. The number of carboxylic acids is 1. The molecule has 3 aliphatic rings. The molecule has 4 N–H and O–H groups in total. The average Bonchev–Trinajstić information content (AvgIpc) is 3.77. The fraction of sp³-hybridized carbons (Fsp3) is 0.414. The lowest BCUT2D eigenvalue weighted by Gasteiger charge is -2.42. The van der Waals surface area contributed by atoms with Gasteiger partial charge in [-0.15, -0.1) is 0 Å². The van der Waals surface area contributed by atoms with Crippen molar-refractivity contribution in [3.63, 3.8) is 0 Å². The van der Waals surface area contributed by atoms with E-state index in [2.05, 4.69) is 0 Å². The number of pyridine rings is 1. The highest BCUT2D eigenvalue weighted by Gasteiger charge is 2.50. The number of ether oxygens (including phenoxy) is 2. The molecule has 2 aromatic carbocycles. The monoisotopic (exact) mass is 649 g/mol. The first kappa shape index (κ1) is 31.0. The molecule has 3 fully saturated rings. The number of aromatic nitrogens is 1. The zero-order valence-corrected chi connectivity index (χ0v) is 24.7. The third-order valence-corrected chi connectivity index (χ3v) is 10.5. The maximum Gasteiger partial charge on any atom is 0.414 e. The van der Waals surface area contributed by atoms with Crippen molar-refractivity contribution in [1.82, 2.24) is 4.57 Å². The standard InChI is InChI=1S/C29H30F2N3O10P/c30-21-10-19-23(33(16-1-2-16)13-20(26(19)36)27(37)38)11-24(21)32-7-5-29(6-8-32,45(40,41)42)15-43-25-4-3-17(9-22(25)31)34-12-18(14-35)44-28(34)39/h3-4,9-11,13,16,18,35H,1-2,5-8,12,14-15H2,(H,37,38)(H2,40,41,42). The molecule has 1 aromatic heterocycles. The highest BCUT2D eigenvalue weighted by Crippen LogP contribution is 2.56. The van der Waals surface area contributed by atoms with Crippen molar-refractivity contribution in [3.8, 4) is 5.75 Å². The molecule has 1 aliphatic carbocycles.